The molecule has 2 aromatic rings. The van der Waals surface area contributed by atoms with Crippen molar-refractivity contribution in [2.24, 2.45) is 0 Å². The van der Waals surface area contributed by atoms with Crippen LogP contribution in [-0.2, 0) is 4.74 Å². The second kappa shape index (κ2) is 9.91. The Hall–Kier alpha value is -1.61. The van der Waals surface area contributed by atoms with E-state index >= 15 is 0 Å². The van der Waals surface area contributed by atoms with Gasteiger partial charge in [-0.3, -0.25) is 4.79 Å². The van der Waals surface area contributed by atoms with Gasteiger partial charge in [0.05, 0.1) is 22.9 Å². The van der Waals surface area contributed by atoms with E-state index in [4.69, 9.17) is 14.2 Å². The van der Waals surface area contributed by atoms with Crippen LogP contribution in [0.2, 0.25) is 0 Å². The van der Waals surface area contributed by atoms with Crippen LogP contribution in [0.25, 0.3) is 0 Å². The van der Waals surface area contributed by atoms with Gasteiger partial charge in [0.1, 0.15) is 0 Å². The molecule has 0 heterocycles. The molecule has 0 aromatic heterocycles. The number of hydrogen-bond acceptors (Lipinski definition) is 5. The average Bonchev–Trinajstić information content (AvgIpc) is 2.64. The van der Waals surface area contributed by atoms with Crippen molar-refractivity contribution < 1.29 is 23.8 Å². The van der Waals surface area contributed by atoms with E-state index in [9.17, 15) is 9.59 Å². The molecule has 0 aliphatic carbocycles. The van der Waals surface area contributed by atoms with Crippen molar-refractivity contribution in [3.05, 3.63) is 55.6 Å². The highest BCUT2D eigenvalue weighted by atomic mass is 127. The molecule has 0 bridgehead atoms. The number of ketones is 1. The third-order valence-corrected chi connectivity index (χ3v) is 4.75. The minimum Gasteiger partial charge on any atom is -0.493 e. The minimum absolute atomic E-state index is 0.268. The number of benzene rings is 2. The van der Waals surface area contributed by atoms with Crippen molar-refractivity contribution >= 4 is 50.3 Å². The number of Topliss-reactive ketones (excluding diaryl/α,β-unsaturated/α-hetero) is 1. The van der Waals surface area contributed by atoms with Crippen LogP contribution >= 0.6 is 38.5 Å². The van der Waals surface area contributed by atoms with E-state index in [0.717, 1.165) is 14.5 Å². The molecule has 0 saturated carbocycles. The van der Waals surface area contributed by atoms with Gasteiger partial charge in [0.25, 0.3) is 0 Å². The van der Waals surface area contributed by atoms with Crippen molar-refractivity contribution in [1.82, 2.24) is 0 Å². The van der Waals surface area contributed by atoms with Gasteiger partial charge in [-0.25, -0.2) is 4.79 Å². The molecule has 0 fully saturated rings. The van der Waals surface area contributed by atoms with Gasteiger partial charge in [0.15, 0.2) is 23.9 Å². The van der Waals surface area contributed by atoms with Gasteiger partial charge in [0, 0.05) is 10.0 Å². The second-order valence-corrected chi connectivity index (χ2v) is 7.42. The molecule has 0 unspecified atom stereocenters. The predicted octanol–water partition coefficient (Wildman–Crippen LogP) is 4.89. The van der Waals surface area contributed by atoms with Crippen molar-refractivity contribution in [2.75, 3.05) is 20.3 Å². The minimum atomic E-state index is -0.589. The maximum absolute atomic E-state index is 12.3. The summed E-state index contributed by atoms with van der Waals surface area (Å²) in [4.78, 5) is 24.4. The number of esters is 1. The van der Waals surface area contributed by atoms with Gasteiger partial charge in [-0.15, -0.1) is 0 Å². The third kappa shape index (κ3) is 5.44. The number of methoxy groups -OCH3 is 1. The van der Waals surface area contributed by atoms with Crippen LogP contribution in [0, 0.1) is 3.57 Å². The number of ether oxygens (including phenoxy) is 3. The number of carbonyl (C=O) groups excluding carboxylic acids is 2. The molecule has 2 aromatic carbocycles. The Kier molecular flexibility index (Phi) is 7.89. The largest absolute Gasteiger partial charge is 0.493 e. The van der Waals surface area contributed by atoms with E-state index in [-0.39, 0.29) is 12.4 Å². The molecule has 7 heteroatoms. The Balaban J connectivity index is 2.08. The number of carbonyl (C=O) groups is 2. The fourth-order valence-corrected chi connectivity index (χ4v) is 3.14. The lowest BCUT2D eigenvalue weighted by atomic mass is 10.1. The summed E-state index contributed by atoms with van der Waals surface area (Å²) in [6.45, 7) is 2.23. The average molecular weight is 533 g/mol. The molecule has 26 heavy (non-hydrogen) atoms. The lowest BCUT2D eigenvalue weighted by Gasteiger charge is -2.13. The molecule has 0 saturated heterocycles. The Morgan fingerprint density at radius 2 is 1.81 bits per heavy atom. The molecule has 0 aliphatic rings. The SMILES string of the molecule is CCCOc1c(I)cc(C(=O)OCC(=O)c2ccc(Br)cc2)cc1OC. The summed E-state index contributed by atoms with van der Waals surface area (Å²) in [5.41, 5.74) is 0.787. The van der Waals surface area contributed by atoms with Crippen molar-refractivity contribution in [3.8, 4) is 11.5 Å². The molecule has 0 atom stereocenters. The van der Waals surface area contributed by atoms with E-state index in [2.05, 4.69) is 38.5 Å². The maximum Gasteiger partial charge on any atom is 0.338 e. The van der Waals surface area contributed by atoms with Gasteiger partial charge in [0.2, 0.25) is 0 Å². The first kappa shape index (κ1) is 20.7. The van der Waals surface area contributed by atoms with Crippen molar-refractivity contribution in [1.29, 1.82) is 0 Å². The topological polar surface area (TPSA) is 61.8 Å². The van der Waals surface area contributed by atoms with Gasteiger partial charge in [-0.1, -0.05) is 35.0 Å². The third-order valence-electron chi connectivity index (χ3n) is 3.42. The highest BCUT2D eigenvalue weighted by Crippen LogP contribution is 2.34. The van der Waals surface area contributed by atoms with Crippen molar-refractivity contribution in [3.63, 3.8) is 0 Å². The molecule has 0 radical (unpaired) electrons. The van der Waals surface area contributed by atoms with Crippen molar-refractivity contribution in [2.45, 2.75) is 13.3 Å². The summed E-state index contributed by atoms with van der Waals surface area (Å²) in [6, 6.07) is 10.1. The Bertz CT molecular complexity index is 789. The van der Waals surface area contributed by atoms with E-state index in [0.29, 0.717) is 29.2 Å². The van der Waals surface area contributed by atoms with Gasteiger partial charge < -0.3 is 14.2 Å². The zero-order valence-electron chi connectivity index (χ0n) is 14.4. The Morgan fingerprint density at radius 3 is 2.42 bits per heavy atom. The molecule has 138 valence electrons. The summed E-state index contributed by atoms with van der Waals surface area (Å²) < 4.78 is 17.7. The second-order valence-electron chi connectivity index (χ2n) is 5.34. The van der Waals surface area contributed by atoms with Crippen LogP contribution in [0.3, 0.4) is 0 Å². The molecular formula is C19H18BrIO5. The maximum atomic E-state index is 12.3. The Morgan fingerprint density at radius 1 is 1.12 bits per heavy atom. The molecule has 0 amide bonds. The number of halogens is 2. The highest BCUT2D eigenvalue weighted by molar-refractivity contribution is 14.1. The lowest BCUT2D eigenvalue weighted by Crippen LogP contribution is -2.14. The highest BCUT2D eigenvalue weighted by Gasteiger charge is 2.18. The van der Waals surface area contributed by atoms with E-state index in [1.54, 1.807) is 36.4 Å². The smallest absolute Gasteiger partial charge is 0.338 e. The summed E-state index contributed by atoms with van der Waals surface area (Å²) in [5, 5.41) is 0. The van der Waals surface area contributed by atoms with Crippen LogP contribution in [0.1, 0.15) is 34.1 Å². The number of rotatable bonds is 8. The van der Waals surface area contributed by atoms with Gasteiger partial charge in [-0.05, 0) is 53.3 Å². The van der Waals surface area contributed by atoms with E-state index < -0.39 is 5.97 Å². The first-order chi connectivity index (χ1) is 12.5. The predicted molar refractivity (Wildman–Crippen MR) is 110 cm³/mol. The molecule has 0 aliphatic heterocycles. The Labute approximate surface area is 174 Å². The van der Waals surface area contributed by atoms with Crippen LogP contribution in [0.5, 0.6) is 11.5 Å². The first-order valence-electron chi connectivity index (χ1n) is 7.92. The lowest BCUT2D eigenvalue weighted by molar-refractivity contribution is 0.0474. The summed E-state index contributed by atoms with van der Waals surface area (Å²) in [5.74, 6) is 0.193. The van der Waals surface area contributed by atoms with Gasteiger partial charge >= 0.3 is 5.97 Å². The summed E-state index contributed by atoms with van der Waals surface area (Å²) in [6.07, 6.45) is 0.862. The van der Waals surface area contributed by atoms with E-state index in [1.165, 1.54) is 7.11 Å². The molecular weight excluding hydrogens is 515 g/mol. The molecule has 2 rings (SSSR count). The summed E-state index contributed by atoms with van der Waals surface area (Å²) >= 11 is 5.39. The van der Waals surface area contributed by atoms with E-state index in [1.807, 2.05) is 6.92 Å². The zero-order chi connectivity index (χ0) is 19.1. The molecule has 0 N–H and O–H groups in total. The standard InChI is InChI=1S/C19H18BrIO5/c1-3-8-25-18-15(21)9-13(10-17(18)24-2)19(23)26-11-16(22)12-4-6-14(20)7-5-12/h4-7,9-10H,3,8,11H2,1-2H3. The first-order valence-corrected chi connectivity index (χ1v) is 9.79. The fraction of sp³-hybridized carbons (Fsp3) is 0.263. The molecule has 5 nitrogen and oxygen atoms in total. The number of hydrogen-bond donors (Lipinski definition) is 0. The van der Waals surface area contributed by atoms with Crippen LogP contribution in [0.4, 0.5) is 0 Å². The van der Waals surface area contributed by atoms with Crippen LogP contribution in [0.15, 0.2) is 40.9 Å². The van der Waals surface area contributed by atoms with Crippen LogP contribution < -0.4 is 9.47 Å². The quantitative estimate of drug-likeness (QED) is 0.275. The molecule has 0 spiro atoms. The fourth-order valence-electron chi connectivity index (χ4n) is 2.12. The summed E-state index contributed by atoms with van der Waals surface area (Å²) in [7, 11) is 1.51. The zero-order valence-corrected chi connectivity index (χ0v) is 18.1. The van der Waals surface area contributed by atoms with Gasteiger partial charge in [-0.2, -0.15) is 0 Å². The monoisotopic (exact) mass is 532 g/mol. The van der Waals surface area contributed by atoms with Crippen LogP contribution in [-0.4, -0.2) is 32.1 Å². The normalized spacial score (nSPS) is 10.3.